The monoisotopic (exact) mass is 493 g/mol. The molecule has 15 heteroatoms. The third-order valence-corrected chi connectivity index (χ3v) is 6.68. The molecule has 0 radical (unpaired) electrons. The topological polar surface area (TPSA) is 176 Å². The average molecular weight is 494 g/mol. The molecule has 5 N–H and O–H groups in total. The van der Waals surface area contributed by atoms with Gasteiger partial charge in [0.05, 0.1) is 18.2 Å². The second kappa shape index (κ2) is 8.04. The third-order valence-electron chi connectivity index (χ3n) is 5.07. The zero-order valence-corrected chi connectivity index (χ0v) is 17.8. The van der Waals surface area contributed by atoms with E-state index in [-0.39, 0.29) is 23.2 Å². The molecule has 0 amide bonds. The quantitative estimate of drug-likeness (QED) is 0.421. The fourth-order valence-corrected chi connectivity index (χ4v) is 4.73. The van der Waals surface area contributed by atoms with Crippen LogP contribution in [0.2, 0.25) is 5.02 Å². The van der Waals surface area contributed by atoms with Crippen LogP contribution in [-0.4, -0.2) is 56.1 Å². The molecule has 0 aliphatic carbocycles. The van der Waals surface area contributed by atoms with Crippen molar-refractivity contribution < 1.29 is 42.6 Å². The molecule has 12 nitrogen and oxygen atoms in total. The highest BCUT2D eigenvalue weighted by molar-refractivity contribution is 7.49. The lowest BCUT2D eigenvalue weighted by Crippen LogP contribution is -2.53. The molecule has 2 aliphatic heterocycles. The summed E-state index contributed by atoms with van der Waals surface area (Å²) in [6, 6.07) is 6.49. The molecule has 0 spiro atoms. The van der Waals surface area contributed by atoms with E-state index < -0.39 is 50.5 Å². The molecule has 174 valence electrons. The highest BCUT2D eigenvalue weighted by Gasteiger charge is 2.65. The van der Waals surface area contributed by atoms with E-state index >= 15 is 4.39 Å². The second-order valence-corrected chi connectivity index (χ2v) is 9.10. The van der Waals surface area contributed by atoms with Crippen molar-refractivity contribution in [2.75, 3.05) is 18.9 Å². The minimum atomic E-state index is -4.33. The van der Waals surface area contributed by atoms with Crippen LogP contribution in [0.1, 0.15) is 5.56 Å². The normalized spacial score (nSPS) is 34.2. The Hall–Kier alpha value is -2.09. The van der Waals surface area contributed by atoms with E-state index in [0.29, 0.717) is 10.1 Å². The number of alkyl halides is 1. The maximum absolute atomic E-state index is 15.6. The molecule has 3 heterocycles. The van der Waals surface area contributed by atoms with Crippen molar-refractivity contribution in [2.24, 2.45) is 0 Å². The predicted octanol–water partition coefficient (Wildman–Crippen LogP) is 0.276. The number of nitrogen functional groups attached to an aromatic ring is 1. The van der Waals surface area contributed by atoms with Gasteiger partial charge in [0.25, 0.3) is 5.85 Å². The Labute approximate surface area is 184 Å². The molecule has 5 atom stereocenters. The number of fused-ring (bicyclic) bond motifs is 1. The van der Waals surface area contributed by atoms with Gasteiger partial charge in [-0.05, 0) is 6.07 Å². The van der Waals surface area contributed by atoms with Gasteiger partial charge in [-0.1, -0.05) is 29.8 Å². The fourth-order valence-electron chi connectivity index (χ4n) is 3.36. The first-order valence-electron chi connectivity index (χ1n) is 9.11. The summed E-state index contributed by atoms with van der Waals surface area (Å²) in [6.07, 6.45) is -3.70. The Kier molecular flexibility index (Phi) is 5.80. The Morgan fingerprint density at radius 2 is 2.09 bits per heavy atom. The number of aliphatic hydroxyl groups excluding tert-OH is 3. The van der Waals surface area contributed by atoms with Crippen LogP contribution in [-0.2, 0) is 30.7 Å². The van der Waals surface area contributed by atoms with Gasteiger partial charge >= 0.3 is 13.5 Å². The largest absolute Gasteiger partial charge is 0.530 e. The molecule has 0 saturated carbocycles. The summed E-state index contributed by atoms with van der Waals surface area (Å²) in [4.78, 5) is 15.7. The number of para-hydroxylation sites is 1. The zero-order valence-electron chi connectivity index (χ0n) is 16.1. The van der Waals surface area contributed by atoms with Crippen LogP contribution in [0.4, 0.5) is 10.2 Å². The first kappa shape index (κ1) is 23.1. The van der Waals surface area contributed by atoms with Gasteiger partial charge < -0.3 is 30.3 Å². The molecule has 2 aromatic rings. The van der Waals surface area contributed by atoms with Crippen LogP contribution >= 0.6 is 19.4 Å². The first-order valence-corrected chi connectivity index (χ1v) is 11.0. The van der Waals surface area contributed by atoms with Crippen LogP contribution in [0, 0.1) is 0 Å². The standard InChI is InChI=1S/C17H18ClFN3O9P/c18-10-5-22(15(26)21-14(10)20)17(7-23)13(25)12(24)16(19,31-17)8-29-32(27)28-6-9-3-1-2-4-11(9)30-32/h1-5,12-13,23-25H,6-8H2,(H2,20,21,26)/t12-,13+,16+,17+,32?/m0/s1. The van der Waals surface area contributed by atoms with Gasteiger partial charge in [-0.25, -0.2) is 13.8 Å². The molecule has 1 aromatic heterocycles. The molecule has 1 aromatic carbocycles. The van der Waals surface area contributed by atoms with Crippen molar-refractivity contribution in [3.63, 3.8) is 0 Å². The number of anilines is 1. The minimum Gasteiger partial charge on any atom is -0.404 e. The molecule has 1 unspecified atom stereocenters. The summed E-state index contributed by atoms with van der Waals surface area (Å²) in [5.41, 5.74) is 2.32. The number of phosphoric acid groups is 1. The summed E-state index contributed by atoms with van der Waals surface area (Å²) >= 11 is 5.84. The molecule has 0 bridgehead atoms. The molecule has 2 aliphatic rings. The van der Waals surface area contributed by atoms with E-state index in [0.717, 1.165) is 6.20 Å². The van der Waals surface area contributed by atoms with Crippen LogP contribution in [0.25, 0.3) is 0 Å². The number of nitrogens with two attached hydrogens (primary N) is 1. The summed E-state index contributed by atoms with van der Waals surface area (Å²) in [7, 11) is -4.33. The Balaban J connectivity index is 1.60. The highest BCUT2D eigenvalue weighted by atomic mass is 35.5. The van der Waals surface area contributed by atoms with Gasteiger partial charge in [-0.15, -0.1) is 0 Å². The summed E-state index contributed by atoms with van der Waals surface area (Å²) in [6.45, 7) is -2.58. The van der Waals surface area contributed by atoms with E-state index in [9.17, 15) is 24.7 Å². The van der Waals surface area contributed by atoms with Crippen molar-refractivity contribution in [1.82, 2.24) is 9.55 Å². The summed E-state index contributed by atoms with van der Waals surface area (Å²) in [5.74, 6) is -3.41. The van der Waals surface area contributed by atoms with Gasteiger partial charge in [-0.2, -0.15) is 4.98 Å². The minimum absolute atomic E-state index is 0.148. The molecule has 4 rings (SSSR count). The van der Waals surface area contributed by atoms with E-state index in [2.05, 4.69) is 4.98 Å². The molecule has 1 fully saturated rings. The lowest BCUT2D eigenvalue weighted by Gasteiger charge is -2.32. The Bertz CT molecular complexity index is 1150. The highest BCUT2D eigenvalue weighted by Crippen LogP contribution is 2.56. The summed E-state index contributed by atoms with van der Waals surface area (Å²) < 4.78 is 49.2. The number of halogens is 2. The van der Waals surface area contributed by atoms with Gasteiger partial charge in [0.15, 0.2) is 0 Å². The molecule has 1 saturated heterocycles. The van der Waals surface area contributed by atoms with E-state index in [4.69, 9.17) is 35.6 Å². The second-order valence-electron chi connectivity index (χ2n) is 7.10. The summed E-state index contributed by atoms with van der Waals surface area (Å²) in [5, 5.41) is 30.4. The molecular formula is C17H18ClFN3O9P. The number of aliphatic hydroxyl groups is 3. The maximum Gasteiger partial charge on any atom is 0.530 e. The van der Waals surface area contributed by atoms with Crippen molar-refractivity contribution in [3.05, 3.63) is 51.5 Å². The number of rotatable bonds is 5. The fraction of sp³-hybridized carbons (Fsp3) is 0.412. The lowest BCUT2D eigenvalue weighted by atomic mass is 10.0. The first-order chi connectivity index (χ1) is 15.0. The molecular weight excluding hydrogens is 476 g/mol. The number of hydrogen-bond acceptors (Lipinski definition) is 11. The lowest BCUT2D eigenvalue weighted by molar-refractivity contribution is -0.254. The average Bonchev–Trinajstić information content (AvgIpc) is 2.97. The van der Waals surface area contributed by atoms with Gasteiger partial charge in [0, 0.05) is 11.8 Å². The van der Waals surface area contributed by atoms with Crippen molar-refractivity contribution in [2.45, 2.75) is 30.4 Å². The van der Waals surface area contributed by atoms with Crippen molar-refractivity contribution in [3.8, 4) is 5.75 Å². The van der Waals surface area contributed by atoms with Gasteiger partial charge in [0.1, 0.15) is 30.4 Å². The van der Waals surface area contributed by atoms with Crippen LogP contribution < -0.4 is 15.9 Å². The van der Waals surface area contributed by atoms with Gasteiger partial charge in [0.2, 0.25) is 5.72 Å². The van der Waals surface area contributed by atoms with Crippen LogP contribution in [0.5, 0.6) is 5.75 Å². The SMILES string of the molecule is Nc1nc(=O)n([C@]2(CO)O[C@](F)(COP3(=O)OCc4ccccc4O3)[C@@H](O)[C@H]2O)cc1Cl. The van der Waals surface area contributed by atoms with E-state index in [1.165, 1.54) is 6.07 Å². The number of ether oxygens (including phenoxy) is 1. The maximum atomic E-state index is 15.6. The third kappa shape index (κ3) is 3.70. The zero-order chi connectivity index (χ0) is 23.3. The number of phosphoric ester groups is 1. The smallest absolute Gasteiger partial charge is 0.404 e. The Morgan fingerprint density at radius 3 is 2.81 bits per heavy atom. The van der Waals surface area contributed by atoms with Crippen molar-refractivity contribution in [1.29, 1.82) is 0 Å². The predicted molar refractivity (Wildman–Crippen MR) is 105 cm³/mol. The number of hydrogen-bond donors (Lipinski definition) is 4. The Morgan fingerprint density at radius 1 is 1.38 bits per heavy atom. The molecule has 32 heavy (non-hydrogen) atoms. The van der Waals surface area contributed by atoms with E-state index in [1.807, 2.05) is 0 Å². The van der Waals surface area contributed by atoms with E-state index in [1.54, 1.807) is 18.2 Å². The van der Waals surface area contributed by atoms with Crippen molar-refractivity contribution >= 4 is 25.2 Å². The van der Waals surface area contributed by atoms with Gasteiger partial charge in [-0.3, -0.25) is 13.6 Å². The van der Waals surface area contributed by atoms with Crippen LogP contribution in [0.3, 0.4) is 0 Å². The van der Waals surface area contributed by atoms with Crippen LogP contribution in [0.15, 0.2) is 35.3 Å². The number of benzene rings is 1. The number of nitrogens with zero attached hydrogens (tertiary/aromatic N) is 2. The number of aromatic nitrogens is 2.